The lowest BCUT2D eigenvalue weighted by Gasteiger charge is -2.52. The Bertz CT molecular complexity index is 1650. The number of nitrogens with one attached hydrogen (secondary N) is 1. The molecule has 1 aliphatic carbocycles. The van der Waals surface area contributed by atoms with Crippen molar-refractivity contribution in [2.24, 2.45) is 5.41 Å². The molecule has 0 spiro atoms. The van der Waals surface area contributed by atoms with E-state index in [-0.39, 0.29) is 22.8 Å². The summed E-state index contributed by atoms with van der Waals surface area (Å²) < 4.78 is 41.4. The number of piperazine rings is 1. The minimum atomic E-state index is -4.83. The average Bonchev–Trinajstić information content (AvgIpc) is 3.64. The van der Waals surface area contributed by atoms with Gasteiger partial charge in [-0.15, -0.1) is 0 Å². The van der Waals surface area contributed by atoms with E-state index in [1.165, 1.54) is 11.2 Å². The van der Waals surface area contributed by atoms with Crippen LogP contribution in [0.5, 0.6) is 0 Å². The second kappa shape index (κ2) is 10.8. The Hall–Kier alpha value is -4.42. The number of carbonyl (C=O) groups is 1. The number of nitriles is 1. The summed E-state index contributed by atoms with van der Waals surface area (Å²) in [6.45, 7) is 1.61. The molecule has 0 aromatic carbocycles. The maximum atomic E-state index is 13.2. The molecule has 2 fully saturated rings. The van der Waals surface area contributed by atoms with Crippen molar-refractivity contribution in [2.45, 2.75) is 44.6 Å². The number of fused-ring (bicyclic) bond motifs is 1. The van der Waals surface area contributed by atoms with Crippen molar-refractivity contribution in [2.75, 3.05) is 26.2 Å². The number of aliphatic hydroxyl groups excluding tert-OH is 1. The molecule has 4 aromatic rings. The van der Waals surface area contributed by atoms with Crippen LogP contribution in [0.2, 0.25) is 0 Å². The molecule has 218 valence electrons. The molecule has 2 N–H and O–H groups in total. The van der Waals surface area contributed by atoms with Crippen molar-refractivity contribution in [3.63, 3.8) is 0 Å². The predicted molar refractivity (Wildman–Crippen MR) is 141 cm³/mol. The van der Waals surface area contributed by atoms with Gasteiger partial charge in [0, 0.05) is 73.9 Å². The monoisotopic (exact) mass is 580 g/mol. The Labute approximate surface area is 237 Å². The number of hydrogen-bond donors (Lipinski definition) is 2. The largest absolute Gasteiger partial charge is 0.451 e. The number of aliphatic hydroxyl groups is 1. The molecule has 5 heterocycles. The summed E-state index contributed by atoms with van der Waals surface area (Å²) in [6, 6.07) is 5.57. The lowest BCUT2D eigenvalue weighted by Crippen LogP contribution is -2.58. The van der Waals surface area contributed by atoms with E-state index in [9.17, 15) is 28.3 Å². The molecule has 0 atom stereocenters. The zero-order chi connectivity index (χ0) is 29.5. The fraction of sp³-hybridized carbons (Fsp3) is 0.444. The smallest absolute Gasteiger partial charge is 0.390 e. The molecule has 1 amide bonds. The number of carbonyl (C=O) groups excluding carboxylic acids is 1. The van der Waals surface area contributed by atoms with Crippen LogP contribution in [0.25, 0.3) is 22.3 Å². The highest BCUT2D eigenvalue weighted by molar-refractivity contribution is 5.92. The first-order chi connectivity index (χ1) is 20.2. The summed E-state index contributed by atoms with van der Waals surface area (Å²) in [4.78, 5) is 35.2. The van der Waals surface area contributed by atoms with Crippen LogP contribution in [0, 0.1) is 16.7 Å². The number of aromatic nitrogens is 7. The summed E-state index contributed by atoms with van der Waals surface area (Å²) in [6.07, 6.45) is 4.15. The minimum absolute atomic E-state index is 0.226. The van der Waals surface area contributed by atoms with E-state index in [1.807, 2.05) is 23.1 Å². The first-order valence-corrected chi connectivity index (χ1v) is 13.5. The molecule has 1 saturated heterocycles. The highest BCUT2D eigenvalue weighted by Crippen LogP contribution is 2.48. The normalized spacial score (nSPS) is 21.3. The van der Waals surface area contributed by atoms with E-state index in [1.54, 1.807) is 6.20 Å². The Morgan fingerprint density at radius 1 is 1.19 bits per heavy atom. The van der Waals surface area contributed by atoms with Crippen molar-refractivity contribution >= 4 is 16.9 Å². The third-order valence-corrected chi connectivity index (χ3v) is 8.08. The van der Waals surface area contributed by atoms with Crippen LogP contribution in [0.1, 0.15) is 41.3 Å². The summed E-state index contributed by atoms with van der Waals surface area (Å²) >= 11 is 0. The molecule has 4 aromatic heterocycles. The third kappa shape index (κ3) is 5.30. The van der Waals surface area contributed by atoms with Gasteiger partial charge < -0.3 is 15.0 Å². The Morgan fingerprint density at radius 3 is 2.69 bits per heavy atom. The summed E-state index contributed by atoms with van der Waals surface area (Å²) in [5.74, 6) is -2.07. The van der Waals surface area contributed by atoms with Crippen LogP contribution in [-0.2, 0) is 19.3 Å². The van der Waals surface area contributed by atoms with Gasteiger partial charge in [-0.3, -0.25) is 14.4 Å². The van der Waals surface area contributed by atoms with Gasteiger partial charge in [0.25, 0.3) is 5.91 Å². The van der Waals surface area contributed by atoms with E-state index in [0.29, 0.717) is 39.1 Å². The molecule has 15 heteroatoms. The molecule has 42 heavy (non-hydrogen) atoms. The zero-order valence-electron chi connectivity index (χ0n) is 22.4. The van der Waals surface area contributed by atoms with E-state index in [4.69, 9.17) is 0 Å². The van der Waals surface area contributed by atoms with Gasteiger partial charge in [0.05, 0.1) is 30.3 Å². The molecule has 2 aliphatic rings. The molecular formula is C27H27F3N10O2. The maximum Gasteiger partial charge on any atom is 0.451 e. The minimum Gasteiger partial charge on any atom is -0.390 e. The number of amides is 1. The highest BCUT2D eigenvalue weighted by atomic mass is 19.4. The Morgan fingerprint density at radius 2 is 1.98 bits per heavy atom. The number of nitrogens with zero attached hydrogens (tertiary/aromatic N) is 9. The van der Waals surface area contributed by atoms with Crippen molar-refractivity contribution in [1.82, 2.24) is 44.5 Å². The summed E-state index contributed by atoms with van der Waals surface area (Å²) in [5, 5.41) is 24.3. The number of hydrogen-bond acceptors (Lipinski definition) is 9. The Kier molecular flexibility index (Phi) is 7.11. The van der Waals surface area contributed by atoms with Gasteiger partial charge in [-0.25, -0.2) is 19.9 Å². The third-order valence-electron chi connectivity index (χ3n) is 8.08. The SMILES string of the molecule is N#CCC1(Cn2cc(-c3ncnc4[nH]ccc34)cn2)CC(N2CCN(C(=O)c3cc(CO)nc(C(F)(F)F)n3)CC2)C1. The quantitative estimate of drug-likeness (QED) is 0.336. The van der Waals surface area contributed by atoms with Gasteiger partial charge in [0.1, 0.15) is 17.7 Å². The number of rotatable bonds is 7. The summed E-state index contributed by atoms with van der Waals surface area (Å²) in [5.41, 5.74) is 1.51. The fourth-order valence-electron chi connectivity index (χ4n) is 5.98. The van der Waals surface area contributed by atoms with Crippen molar-refractivity contribution in [1.29, 1.82) is 5.26 Å². The van der Waals surface area contributed by atoms with Crippen LogP contribution < -0.4 is 0 Å². The molecule has 6 rings (SSSR count). The van der Waals surface area contributed by atoms with E-state index in [0.717, 1.165) is 41.2 Å². The van der Waals surface area contributed by atoms with Gasteiger partial charge in [0.2, 0.25) is 5.82 Å². The van der Waals surface area contributed by atoms with E-state index in [2.05, 4.69) is 41.0 Å². The van der Waals surface area contributed by atoms with E-state index < -0.39 is 24.5 Å². The average molecular weight is 581 g/mol. The molecule has 1 saturated carbocycles. The van der Waals surface area contributed by atoms with Gasteiger partial charge >= 0.3 is 6.18 Å². The predicted octanol–water partition coefficient (Wildman–Crippen LogP) is 2.64. The molecular weight excluding hydrogens is 553 g/mol. The topological polar surface area (TPSA) is 153 Å². The molecule has 0 radical (unpaired) electrons. The number of H-pyrrole nitrogens is 1. The highest BCUT2D eigenvalue weighted by Gasteiger charge is 2.47. The van der Waals surface area contributed by atoms with Crippen molar-refractivity contribution < 1.29 is 23.1 Å². The van der Waals surface area contributed by atoms with Crippen LogP contribution in [0.15, 0.2) is 37.1 Å². The lowest BCUT2D eigenvalue weighted by atomic mass is 9.63. The van der Waals surface area contributed by atoms with Gasteiger partial charge in [0.15, 0.2) is 0 Å². The van der Waals surface area contributed by atoms with Gasteiger partial charge in [-0.05, 0) is 25.0 Å². The van der Waals surface area contributed by atoms with Crippen LogP contribution in [0.3, 0.4) is 0 Å². The standard InChI is InChI=1S/C27H27F3N10O2/c28-27(29,30)25-36-18(14-41)9-21(37-25)24(42)39-7-5-38(6-8-39)19-10-26(11-19,2-3-31)15-40-13-17(12-35-40)22-20-1-4-32-23(20)34-16-33-22/h1,4,9,12-13,16,19,41H,2,5-8,10-11,14-15H2,(H,32,33,34). The molecule has 0 bridgehead atoms. The van der Waals surface area contributed by atoms with Gasteiger partial charge in [-0.1, -0.05) is 0 Å². The van der Waals surface area contributed by atoms with E-state index >= 15 is 0 Å². The summed E-state index contributed by atoms with van der Waals surface area (Å²) in [7, 11) is 0. The molecule has 1 aliphatic heterocycles. The fourth-order valence-corrected chi connectivity index (χ4v) is 5.98. The molecule has 12 nitrogen and oxygen atoms in total. The van der Waals surface area contributed by atoms with Crippen LogP contribution in [-0.4, -0.2) is 87.7 Å². The first kappa shape index (κ1) is 27.7. The number of halogens is 3. The Balaban J connectivity index is 1.08. The number of aromatic amines is 1. The number of alkyl halides is 3. The molecule has 0 unspecified atom stereocenters. The first-order valence-electron chi connectivity index (χ1n) is 13.5. The maximum absolute atomic E-state index is 13.2. The second-order valence-corrected chi connectivity index (χ2v) is 10.8. The van der Waals surface area contributed by atoms with Gasteiger partial charge in [-0.2, -0.15) is 23.5 Å². The van der Waals surface area contributed by atoms with Crippen LogP contribution >= 0.6 is 0 Å². The second-order valence-electron chi connectivity index (χ2n) is 10.8. The lowest BCUT2D eigenvalue weighted by molar-refractivity contribution is -0.145. The van der Waals surface area contributed by atoms with Crippen molar-refractivity contribution in [3.8, 4) is 17.3 Å². The van der Waals surface area contributed by atoms with Crippen molar-refractivity contribution in [3.05, 3.63) is 54.3 Å². The van der Waals surface area contributed by atoms with Crippen LogP contribution in [0.4, 0.5) is 13.2 Å². The zero-order valence-corrected chi connectivity index (χ0v) is 22.4.